The Kier molecular flexibility index (Phi) is 5.85. The van der Waals surface area contributed by atoms with Crippen molar-refractivity contribution in [2.75, 3.05) is 6.61 Å². The molecular formula is C15H18O3. The molecule has 0 spiro atoms. The predicted molar refractivity (Wildman–Crippen MR) is 70.9 cm³/mol. The summed E-state index contributed by atoms with van der Waals surface area (Å²) in [4.78, 5) is 22.9. The first-order chi connectivity index (χ1) is 8.65. The van der Waals surface area contributed by atoms with Crippen LogP contribution in [0.15, 0.2) is 36.4 Å². The van der Waals surface area contributed by atoms with Crippen molar-refractivity contribution < 1.29 is 14.3 Å². The van der Waals surface area contributed by atoms with Crippen LogP contribution in [0.25, 0.3) is 6.08 Å². The molecule has 0 radical (unpaired) electrons. The van der Waals surface area contributed by atoms with E-state index in [0.717, 1.165) is 5.56 Å². The van der Waals surface area contributed by atoms with Crippen LogP contribution in [0.4, 0.5) is 0 Å². The van der Waals surface area contributed by atoms with E-state index in [0.29, 0.717) is 13.0 Å². The van der Waals surface area contributed by atoms with Gasteiger partial charge in [-0.3, -0.25) is 9.59 Å². The van der Waals surface area contributed by atoms with Crippen LogP contribution in [0.2, 0.25) is 0 Å². The lowest BCUT2D eigenvalue weighted by Crippen LogP contribution is -2.23. The number of carbonyl (C=O) groups excluding carboxylic acids is 2. The molecule has 0 aliphatic rings. The maximum atomic E-state index is 11.6. The van der Waals surface area contributed by atoms with Crippen LogP contribution in [-0.2, 0) is 14.3 Å². The molecule has 0 amide bonds. The van der Waals surface area contributed by atoms with Gasteiger partial charge in [0, 0.05) is 0 Å². The summed E-state index contributed by atoms with van der Waals surface area (Å²) in [5, 5.41) is 0. The van der Waals surface area contributed by atoms with Crippen molar-refractivity contribution in [1.82, 2.24) is 0 Å². The van der Waals surface area contributed by atoms with Gasteiger partial charge in [-0.15, -0.1) is 0 Å². The predicted octanol–water partition coefficient (Wildman–Crippen LogP) is 2.86. The van der Waals surface area contributed by atoms with Crippen LogP contribution < -0.4 is 0 Å². The fraction of sp³-hybridized carbons (Fsp3) is 0.333. The Bertz CT molecular complexity index is 421. The van der Waals surface area contributed by atoms with Gasteiger partial charge in [0.25, 0.3) is 0 Å². The number of hydrogen-bond donors (Lipinski definition) is 0. The highest BCUT2D eigenvalue weighted by atomic mass is 16.5. The summed E-state index contributed by atoms with van der Waals surface area (Å²) in [5.74, 6) is -1.29. The summed E-state index contributed by atoms with van der Waals surface area (Å²) in [6, 6.07) is 9.74. The van der Waals surface area contributed by atoms with E-state index in [4.69, 9.17) is 4.74 Å². The molecule has 0 aliphatic heterocycles. The lowest BCUT2D eigenvalue weighted by atomic mass is 10.0. The highest BCUT2D eigenvalue weighted by Gasteiger charge is 2.22. The second-order valence-corrected chi connectivity index (χ2v) is 3.96. The molecule has 1 atom stereocenters. The van der Waals surface area contributed by atoms with Crippen molar-refractivity contribution in [3.05, 3.63) is 42.0 Å². The van der Waals surface area contributed by atoms with Gasteiger partial charge < -0.3 is 4.74 Å². The minimum absolute atomic E-state index is 0.161. The summed E-state index contributed by atoms with van der Waals surface area (Å²) >= 11 is 0. The van der Waals surface area contributed by atoms with Crippen LogP contribution in [0.1, 0.15) is 25.8 Å². The van der Waals surface area contributed by atoms with E-state index in [1.807, 2.05) is 42.5 Å². The number of allylic oxidation sites excluding steroid dienone is 1. The molecule has 1 rings (SSSR count). The number of Topliss-reactive ketones (excluding diaryl/α,β-unsaturated/α-hetero) is 1. The average Bonchev–Trinajstić information content (AvgIpc) is 2.35. The number of rotatable bonds is 6. The zero-order valence-corrected chi connectivity index (χ0v) is 10.8. The van der Waals surface area contributed by atoms with Gasteiger partial charge in [-0.25, -0.2) is 0 Å². The summed E-state index contributed by atoms with van der Waals surface area (Å²) in [5.41, 5.74) is 1.05. The largest absolute Gasteiger partial charge is 0.465 e. The molecule has 0 fully saturated rings. The molecule has 3 nitrogen and oxygen atoms in total. The standard InChI is InChI=1S/C15H18O3/c1-3-18-15(17)14(12(2)16)11-7-10-13-8-5-4-6-9-13/h4-10,14H,3,11H2,1-2H3/b10-7+. The summed E-state index contributed by atoms with van der Waals surface area (Å²) < 4.78 is 4.87. The Morgan fingerprint density at radius 1 is 1.28 bits per heavy atom. The van der Waals surface area contributed by atoms with Gasteiger partial charge in [0.2, 0.25) is 0 Å². The molecule has 18 heavy (non-hydrogen) atoms. The smallest absolute Gasteiger partial charge is 0.316 e. The van der Waals surface area contributed by atoms with Crippen molar-refractivity contribution in [2.45, 2.75) is 20.3 Å². The Hall–Kier alpha value is -1.90. The molecule has 0 heterocycles. The topological polar surface area (TPSA) is 43.4 Å². The normalized spacial score (nSPS) is 12.3. The van der Waals surface area contributed by atoms with Crippen molar-refractivity contribution in [3.63, 3.8) is 0 Å². The van der Waals surface area contributed by atoms with E-state index in [2.05, 4.69) is 0 Å². The van der Waals surface area contributed by atoms with Crippen LogP contribution in [-0.4, -0.2) is 18.4 Å². The summed E-state index contributed by atoms with van der Waals surface area (Å²) in [7, 11) is 0. The Labute approximate surface area is 107 Å². The van der Waals surface area contributed by atoms with Gasteiger partial charge in [0.15, 0.2) is 0 Å². The molecule has 0 aliphatic carbocycles. The minimum Gasteiger partial charge on any atom is -0.465 e. The highest BCUT2D eigenvalue weighted by molar-refractivity contribution is 5.97. The monoisotopic (exact) mass is 246 g/mol. The van der Waals surface area contributed by atoms with E-state index in [1.165, 1.54) is 6.92 Å². The lowest BCUT2D eigenvalue weighted by molar-refractivity contribution is -0.150. The van der Waals surface area contributed by atoms with Crippen molar-refractivity contribution in [2.24, 2.45) is 5.92 Å². The second kappa shape index (κ2) is 7.43. The number of benzene rings is 1. The average molecular weight is 246 g/mol. The highest BCUT2D eigenvalue weighted by Crippen LogP contribution is 2.10. The first-order valence-corrected chi connectivity index (χ1v) is 6.03. The molecule has 96 valence electrons. The molecule has 0 saturated heterocycles. The number of carbonyl (C=O) groups is 2. The molecule has 0 saturated carbocycles. The van der Waals surface area contributed by atoms with Crippen molar-refractivity contribution in [3.8, 4) is 0 Å². The third-order valence-corrected chi connectivity index (χ3v) is 2.54. The molecule has 1 aromatic rings. The van der Waals surface area contributed by atoms with Crippen LogP contribution in [0.3, 0.4) is 0 Å². The second-order valence-electron chi connectivity index (χ2n) is 3.96. The summed E-state index contributed by atoms with van der Waals surface area (Å²) in [6.45, 7) is 3.44. The molecule has 0 bridgehead atoms. The zero-order valence-electron chi connectivity index (χ0n) is 10.8. The Balaban J connectivity index is 2.60. The zero-order chi connectivity index (χ0) is 13.4. The summed E-state index contributed by atoms with van der Waals surface area (Å²) in [6.07, 6.45) is 4.11. The first kappa shape index (κ1) is 14.2. The maximum absolute atomic E-state index is 11.6. The van der Waals surface area contributed by atoms with Gasteiger partial charge in [-0.1, -0.05) is 42.5 Å². The number of ether oxygens (including phenoxy) is 1. The quantitative estimate of drug-likeness (QED) is 0.572. The van der Waals surface area contributed by atoms with E-state index < -0.39 is 11.9 Å². The van der Waals surface area contributed by atoms with Crippen LogP contribution in [0, 0.1) is 5.92 Å². The molecule has 3 heteroatoms. The van der Waals surface area contributed by atoms with Gasteiger partial charge in [-0.2, -0.15) is 0 Å². The molecule has 0 aromatic heterocycles. The number of ketones is 1. The Morgan fingerprint density at radius 2 is 1.94 bits per heavy atom. The van der Waals surface area contributed by atoms with E-state index in [9.17, 15) is 9.59 Å². The third-order valence-electron chi connectivity index (χ3n) is 2.54. The van der Waals surface area contributed by atoms with E-state index >= 15 is 0 Å². The van der Waals surface area contributed by atoms with Crippen molar-refractivity contribution in [1.29, 1.82) is 0 Å². The van der Waals surface area contributed by atoms with Gasteiger partial charge in [0.05, 0.1) is 6.61 Å². The van der Waals surface area contributed by atoms with Crippen LogP contribution >= 0.6 is 0 Å². The fourth-order valence-corrected chi connectivity index (χ4v) is 1.58. The lowest BCUT2D eigenvalue weighted by Gasteiger charge is -2.09. The van der Waals surface area contributed by atoms with Gasteiger partial charge in [-0.05, 0) is 25.8 Å². The maximum Gasteiger partial charge on any atom is 0.316 e. The van der Waals surface area contributed by atoms with Crippen LogP contribution in [0.5, 0.6) is 0 Å². The number of esters is 1. The molecule has 1 unspecified atom stereocenters. The minimum atomic E-state index is -0.690. The van der Waals surface area contributed by atoms with E-state index in [-0.39, 0.29) is 5.78 Å². The Morgan fingerprint density at radius 3 is 2.50 bits per heavy atom. The van der Waals surface area contributed by atoms with Crippen molar-refractivity contribution >= 4 is 17.8 Å². The fourth-order valence-electron chi connectivity index (χ4n) is 1.58. The van der Waals surface area contributed by atoms with Gasteiger partial charge >= 0.3 is 5.97 Å². The molecular weight excluding hydrogens is 228 g/mol. The SMILES string of the molecule is CCOC(=O)C(C/C=C/c1ccccc1)C(C)=O. The first-order valence-electron chi connectivity index (χ1n) is 6.03. The molecule has 1 aromatic carbocycles. The van der Waals surface area contributed by atoms with E-state index in [1.54, 1.807) is 6.92 Å². The number of hydrogen-bond acceptors (Lipinski definition) is 3. The third kappa shape index (κ3) is 4.53. The van der Waals surface area contributed by atoms with Gasteiger partial charge in [0.1, 0.15) is 11.7 Å². The molecule has 0 N–H and O–H groups in total.